The van der Waals surface area contributed by atoms with Crippen LogP contribution in [0.1, 0.15) is 25.3 Å². The Bertz CT molecular complexity index is 657. The van der Waals surface area contributed by atoms with E-state index < -0.39 is 21.4 Å². The molecule has 4 nitrogen and oxygen atoms in total. The van der Waals surface area contributed by atoms with Crippen molar-refractivity contribution in [3.63, 3.8) is 0 Å². The maximum Gasteiger partial charge on any atom is 0.247 e. The number of aryl methyl sites for hydroxylation is 1. The Hall–Kier alpha value is -1.45. The summed E-state index contributed by atoms with van der Waals surface area (Å²) in [5, 5.41) is 9.37. The predicted molar refractivity (Wildman–Crippen MR) is 72.8 cm³/mol. The second-order valence-electron chi connectivity index (χ2n) is 5.39. The van der Waals surface area contributed by atoms with Crippen LogP contribution in [0.15, 0.2) is 23.1 Å². The molecule has 1 aliphatic rings. The summed E-state index contributed by atoms with van der Waals surface area (Å²) in [4.78, 5) is -0.343. The summed E-state index contributed by atoms with van der Waals surface area (Å²) in [6.07, 6.45) is 1.64. The molecule has 0 bridgehead atoms. The fraction of sp³-hybridized carbons (Fsp3) is 0.500. The van der Waals surface area contributed by atoms with Gasteiger partial charge in [0.25, 0.3) is 0 Å². The van der Waals surface area contributed by atoms with Gasteiger partial charge in [0.2, 0.25) is 10.0 Å². The molecule has 0 amide bonds. The van der Waals surface area contributed by atoms with Crippen LogP contribution in [0, 0.1) is 30.0 Å². The molecule has 0 radical (unpaired) electrons. The first kappa shape index (κ1) is 14.9. The zero-order chi connectivity index (χ0) is 15.1. The summed E-state index contributed by atoms with van der Waals surface area (Å²) >= 11 is 0. The summed E-state index contributed by atoms with van der Waals surface area (Å²) in [7, 11) is -2.69. The van der Waals surface area contributed by atoms with Gasteiger partial charge in [0.15, 0.2) is 0 Å². The molecule has 1 aromatic carbocycles. The number of benzene rings is 1. The third kappa shape index (κ3) is 2.21. The van der Waals surface area contributed by atoms with Crippen molar-refractivity contribution in [1.82, 2.24) is 4.31 Å². The lowest BCUT2D eigenvalue weighted by molar-refractivity contribution is 0.275. The van der Waals surface area contributed by atoms with E-state index in [1.54, 1.807) is 19.9 Å². The molecule has 0 N–H and O–H groups in total. The third-order valence-electron chi connectivity index (χ3n) is 4.04. The van der Waals surface area contributed by atoms with Crippen LogP contribution >= 0.6 is 0 Å². The van der Waals surface area contributed by atoms with Crippen molar-refractivity contribution in [3.05, 3.63) is 29.6 Å². The average molecular weight is 296 g/mol. The molecule has 6 heteroatoms. The number of halogens is 1. The van der Waals surface area contributed by atoms with Gasteiger partial charge in [-0.1, -0.05) is 12.1 Å². The van der Waals surface area contributed by atoms with E-state index >= 15 is 0 Å². The number of rotatable bonds is 4. The highest BCUT2D eigenvalue weighted by Gasteiger charge is 2.49. The second-order valence-corrected chi connectivity index (χ2v) is 7.30. The van der Waals surface area contributed by atoms with E-state index in [0.717, 1.165) is 23.2 Å². The van der Waals surface area contributed by atoms with Gasteiger partial charge in [-0.2, -0.15) is 9.57 Å². The molecule has 0 saturated heterocycles. The minimum atomic E-state index is -4.04. The topological polar surface area (TPSA) is 61.2 Å². The molecule has 1 fully saturated rings. The highest BCUT2D eigenvalue weighted by molar-refractivity contribution is 7.89. The average Bonchev–Trinajstić information content (AvgIpc) is 3.21. The Balaban J connectivity index is 2.53. The van der Waals surface area contributed by atoms with Crippen molar-refractivity contribution in [3.8, 4) is 6.07 Å². The van der Waals surface area contributed by atoms with Crippen LogP contribution in [-0.4, -0.2) is 25.3 Å². The Kier molecular flexibility index (Phi) is 3.61. The molecule has 2 rings (SSSR count). The van der Waals surface area contributed by atoms with Crippen molar-refractivity contribution < 1.29 is 12.8 Å². The molecule has 1 atom stereocenters. The van der Waals surface area contributed by atoms with E-state index in [1.165, 1.54) is 13.1 Å². The normalized spacial score (nSPS) is 18.6. The zero-order valence-corrected chi connectivity index (χ0v) is 12.5. The van der Waals surface area contributed by atoms with Crippen LogP contribution in [0.2, 0.25) is 0 Å². The molecule has 0 aliphatic heterocycles. The third-order valence-corrected chi connectivity index (χ3v) is 6.17. The summed E-state index contributed by atoms with van der Waals surface area (Å²) in [5.41, 5.74) is -0.791. The Labute approximate surface area is 118 Å². The van der Waals surface area contributed by atoms with E-state index in [2.05, 4.69) is 6.07 Å². The van der Waals surface area contributed by atoms with Gasteiger partial charge in [-0.05, 0) is 44.2 Å². The van der Waals surface area contributed by atoms with Gasteiger partial charge in [-0.15, -0.1) is 0 Å². The number of sulfonamides is 1. The molecule has 0 heterocycles. The Morgan fingerprint density at radius 3 is 2.50 bits per heavy atom. The monoisotopic (exact) mass is 296 g/mol. The van der Waals surface area contributed by atoms with E-state index in [0.29, 0.717) is 5.56 Å². The summed E-state index contributed by atoms with van der Waals surface area (Å²) < 4.78 is 40.2. The van der Waals surface area contributed by atoms with Crippen LogP contribution < -0.4 is 0 Å². The van der Waals surface area contributed by atoms with Gasteiger partial charge in [-0.25, -0.2) is 12.8 Å². The summed E-state index contributed by atoms with van der Waals surface area (Å²) in [6, 6.07) is 6.21. The first-order chi connectivity index (χ1) is 9.25. The first-order valence-corrected chi connectivity index (χ1v) is 7.84. The standard InChI is InChI=1S/C14H17FN2O2S/c1-10-5-4-6-12(15)13(10)20(18,19)17(3)14(2,9-16)11-7-8-11/h4-6,11H,7-8H2,1-3H3/t14-/m0/s1. The lowest BCUT2D eigenvalue weighted by Crippen LogP contribution is -2.48. The van der Waals surface area contributed by atoms with Gasteiger partial charge in [0.05, 0.1) is 6.07 Å². The van der Waals surface area contributed by atoms with Crippen molar-refractivity contribution in [2.45, 2.75) is 37.1 Å². The largest absolute Gasteiger partial charge is 0.247 e. The van der Waals surface area contributed by atoms with Crippen molar-refractivity contribution in [2.24, 2.45) is 5.92 Å². The second kappa shape index (κ2) is 4.83. The van der Waals surface area contributed by atoms with Crippen LogP contribution in [0.3, 0.4) is 0 Å². The molecule has 1 aromatic rings. The number of nitrogens with zero attached hydrogens (tertiary/aromatic N) is 2. The molecule has 1 saturated carbocycles. The van der Waals surface area contributed by atoms with E-state index in [1.807, 2.05) is 0 Å². The molecule has 0 unspecified atom stereocenters. The number of hydrogen-bond acceptors (Lipinski definition) is 3. The first-order valence-electron chi connectivity index (χ1n) is 6.40. The summed E-state index contributed by atoms with van der Waals surface area (Å²) in [5.74, 6) is -0.771. The number of nitriles is 1. The van der Waals surface area contributed by atoms with Gasteiger partial charge < -0.3 is 0 Å². The van der Waals surface area contributed by atoms with E-state index in [9.17, 15) is 18.1 Å². The zero-order valence-electron chi connectivity index (χ0n) is 11.7. The molecule has 0 spiro atoms. The van der Waals surface area contributed by atoms with Crippen molar-refractivity contribution in [1.29, 1.82) is 5.26 Å². The van der Waals surface area contributed by atoms with Gasteiger partial charge in [0.1, 0.15) is 16.3 Å². The fourth-order valence-electron chi connectivity index (χ4n) is 2.39. The summed E-state index contributed by atoms with van der Waals surface area (Å²) in [6.45, 7) is 3.14. The molecular weight excluding hydrogens is 279 g/mol. The minimum absolute atomic E-state index is 0.0133. The molecule has 20 heavy (non-hydrogen) atoms. The SMILES string of the molecule is Cc1cccc(F)c1S(=O)(=O)N(C)[C@@](C)(C#N)C1CC1. The predicted octanol–water partition coefficient (Wildman–Crippen LogP) is 2.45. The van der Waals surface area contributed by atoms with E-state index in [-0.39, 0.29) is 10.8 Å². The van der Waals surface area contributed by atoms with Crippen LogP contribution in [0.4, 0.5) is 4.39 Å². The van der Waals surface area contributed by atoms with Crippen LogP contribution in [-0.2, 0) is 10.0 Å². The molecular formula is C14H17FN2O2S. The van der Waals surface area contributed by atoms with E-state index in [4.69, 9.17) is 0 Å². The lowest BCUT2D eigenvalue weighted by atomic mass is 9.99. The maximum absolute atomic E-state index is 13.9. The van der Waals surface area contributed by atoms with Gasteiger partial charge in [0, 0.05) is 7.05 Å². The number of hydrogen-bond donors (Lipinski definition) is 0. The van der Waals surface area contributed by atoms with Crippen LogP contribution in [0.5, 0.6) is 0 Å². The van der Waals surface area contributed by atoms with Crippen LogP contribution in [0.25, 0.3) is 0 Å². The maximum atomic E-state index is 13.9. The lowest BCUT2D eigenvalue weighted by Gasteiger charge is -2.32. The van der Waals surface area contributed by atoms with Gasteiger partial charge in [-0.3, -0.25) is 0 Å². The van der Waals surface area contributed by atoms with Gasteiger partial charge >= 0.3 is 0 Å². The van der Waals surface area contributed by atoms with Crippen molar-refractivity contribution >= 4 is 10.0 Å². The highest BCUT2D eigenvalue weighted by Crippen LogP contribution is 2.44. The smallest absolute Gasteiger partial charge is 0.207 e. The van der Waals surface area contributed by atoms with Crippen molar-refractivity contribution in [2.75, 3.05) is 7.05 Å². The Morgan fingerprint density at radius 2 is 2.05 bits per heavy atom. The Morgan fingerprint density at radius 1 is 1.45 bits per heavy atom. The quantitative estimate of drug-likeness (QED) is 0.857. The molecule has 0 aromatic heterocycles. The fourth-order valence-corrected chi connectivity index (χ4v) is 4.15. The minimum Gasteiger partial charge on any atom is -0.207 e. The highest BCUT2D eigenvalue weighted by atomic mass is 32.2. The molecule has 108 valence electrons. The molecule has 1 aliphatic carbocycles.